The summed E-state index contributed by atoms with van der Waals surface area (Å²) in [5.41, 5.74) is -0.883. The molecule has 0 aromatic carbocycles. The van der Waals surface area contributed by atoms with Gasteiger partial charge in [-0.2, -0.15) is 5.26 Å². The molecule has 0 saturated heterocycles. The minimum atomic E-state index is -0.569. The van der Waals surface area contributed by atoms with Crippen LogP contribution < -0.4 is 16.0 Å². The molecule has 0 aliphatic carbocycles. The van der Waals surface area contributed by atoms with E-state index in [1.165, 1.54) is 17.8 Å². The van der Waals surface area contributed by atoms with Gasteiger partial charge in [-0.25, -0.2) is 14.3 Å². The second-order valence-corrected chi connectivity index (χ2v) is 3.83. The van der Waals surface area contributed by atoms with Crippen LogP contribution in [0.5, 0.6) is 5.75 Å². The molecule has 0 aliphatic rings. The van der Waals surface area contributed by atoms with Crippen molar-refractivity contribution >= 4 is 11.0 Å². The Balaban J connectivity index is 2.96. The maximum absolute atomic E-state index is 12.3. The highest BCUT2D eigenvalue weighted by Gasteiger charge is 2.15. The molecule has 2 aromatic rings. The van der Waals surface area contributed by atoms with Crippen molar-refractivity contribution < 1.29 is 4.74 Å². The van der Waals surface area contributed by atoms with E-state index in [1.807, 2.05) is 0 Å². The molecule has 19 heavy (non-hydrogen) atoms. The molecule has 98 valence electrons. The van der Waals surface area contributed by atoms with Crippen LogP contribution in [-0.4, -0.2) is 20.7 Å². The molecule has 0 fully saturated rings. The van der Waals surface area contributed by atoms with Gasteiger partial charge in [-0.1, -0.05) is 0 Å². The second kappa shape index (κ2) is 4.94. The molecular weight excluding hydrogens is 248 g/mol. The second-order valence-electron chi connectivity index (χ2n) is 3.83. The summed E-state index contributed by atoms with van der Waals surface area (Å²) >= 11 is 0. The average molecular weight is 260 g/mol. The minimum Gasteiger partial charge on any atom is -0.493 e. The van der Waals surface area contributed by atoms with Gasteiger partial charge in [0, 0.05) is 13.2 Å². The van der Waals surface area contributed by atoms with E-state index in [1.54, 1.807) is 19.1 Å². The Morgan fingerprint density at radius 1 is 1.47 bits per heavy atom. The molecule has 0 atom stereocenters. The van der Waals surface area contributed by atoms with Crippen LogP contribution >= 0.6 is 0 Å². The first-order valence-corrected chi connectivity index (χ1v) is 5.70. The number of pyridine rings is 1. The van der Waals surface area contributed by atoms with Crippen molar-refractivity contribution in [2.75, 3.05) is 6.61 Å². The molecule has 0 unspecified atom stereocenters. The summed E-state index contributed by atoms with van der Waals surface area (Å²) in [4.78, 5) is 28.3. The van der Waals surface area contributed by atoms with E-state index < -0.39 is 11.2 Å². The molecule has 7 heteroatoms. The van der Waals surface area contributed by atoms with E-state index in [4.69, 9.17) is 10.00 Å². The zero-order valence-corrected chi connectivity index (χ0v) is 10.6. The first-order valence-electron chi connectivity index (χ1n) is 5.70. The van der Waals surface area contributed by atoms with Gasteiger partial charge in [0.15, 0.2) is 5.65 Å². The van der Waals surface area contributed by atoms with Crippen LogP contribution in [0.25, 0.3) is 11.0 Å². The van der Waals surface area contributed by atoms with Crippen LogP contribution in [0.1, 0.15) is 6.92 Å². The molecular formula is C12H12N4O3. The van der Waals surface area contributed by atoms with Crippen molar-refractivity contribution in [2.45, 2.75) is 13.5 Å². The molecule has 2 rings (SSSR count). The van der Waals surface area contributed by atoms with Gasteiger partial charge in [-0.15, -0.1) is 0 Å². The van der Waals surface area contributed by atoms with Gasteiger partial charge >= 0.3 is 5.69 Å². The Hall–Kier alpha value is -2.62. The summed E-state index contributed by atoms with van der Waals surface area (Å²) in [5.74, 6) is 0.361. The number of nitriles is 1. The lowest BCUT2D eigenvalue weighted by Crippen LogP contribution is -2.39. The van der Waals surface area contributed by atoms with Gasteiger partial charge in [0.05, 0.1) is 12.7 Å². The lowest BCUT2D eigenvalue weighted by atomic mass is 10.3. The topological polar surface area (TPSA) is 89.9 Å². The van der Waals surface area contributed by atoms with Crippen molar-refractivity contribution in [3.63, 3.8) is 0 Å². The molecule has 0 aliphatic heterocycles. The number of ether oxygens (including phenoxy) is 1. The largest absolute Gasteiger partial charge is 0.493 e. The fourth-order valence-corrected chi connectivity index (χ4v) is 1.87. The van der Waals surface area contributed by atoms with Gasteiger partial charge in [-0.3, -0.25) is 9.36 Å². The summed E-state index contributed by atoms with van der Waals surface area (Å²) in [7, 11) is 1.50. The van der Waals surface area contributed by atoms with Crippen LogP contribution in [-0.2, 0) is 13.6 Å². The fraction of sp³-hybridized carbons (Fsp3) is 0.333. The van der Waals surface area contributed by atoms with Crippen LogP contribution in [0.15, 0.2) is 21.9 Å². The Bertz CT molecular complexity index is 782. The molecule has 2 aromatic heterocycles. The smallest absolute Gasteiger partial charge is 0.333 e. The number of fused-ring (bicyclic) bond motifs is 1. The summed E-state index contributed by atoms with van der Waals surface area (Å²) in [6.07, 6.45) is 1.47. The molecule has 7 nitrogen and oxygen atoms in total. The maximum Gasteiger partial charge on any atom is 0.333 e. The standard InChI is InChI=1S/C12H12N4O3/c1-3-19-8-4-6-14-10-9(8)11(17)16(7-5-13)12(18)15(10)2/h4,6H,3,7H2,1-2H3. The molecule has 0 bridgehead atoms. The van der Waals surface area contributed by atoms with Gasteiger partial charge in [0.25, 0.3) is 5.56 Å². The summed E-state index contributed by atoms with van der Waals surface area (Å²) in [6, 6.07) is 3.36. The lowest BCUT2D eigenvalue weighted by Gasteiger charge is -2.10. The van der Waals surface area contributed by atoms with E-state index in [9.17, 15) is 9.59 Å². The van der Waals surface area contributed by atoms with E-state index in [2.05, 4.69) is 4.98 Å². The van der Waals surface area contributed by atoms with Crippen LogP contribution in [0.4, 0.5) is 0 Å². The van der Waals surface area contributed by atoms with Crippen LogP contribution in [0.3, 0.4) is 0 Å². The summed E-state index contributed by atoms with van der Waals surface area (Å²) in [5, 5.41) is 8.91. The quantitative estimate of drug-likeness (QED) is 0.775. The van der Waals surface area contributed by atoms with E-state index in [-0.39, 0.29) is 17.6 Å². The van der Waals surface area contributed by atoms with Gasteiger partial charge in [0.2, 0.25) is 0 Å². The third-order valence-corrected chi connectivity index (χ3v) is 2.72. The number of hydrogen-bond donors (Lipinski definition) is 0. The lowest BCUT2D eigenvalue weighted by molar-refractivity contribution is 0.343. The first kappa shape index (κ1) is 12.8. The first-order chi connectivity index (χ1) is 9.11. The summed E-state index contributed by atoms with van der Waals surface area (Å²) in [6.45, 7) is 1.88. The molecule has 0 amide bonds. The Kier molecular flexibility index (Phi) is 3.33. The van der Waals surface area contributed by atoms with Crippen LogP contribution in [0.2, 0.25) is 0 Å². The van der Waals surface area contributed by atoms with Crippen LogP contribution in [0, 0.1) is 11.3 Å². The SMILES string of the molecule is CCOc1ccnc2c1c(=O)n(CC#N)c(=O)n2C. The highest BCUT2D eigenvalue weighted by atomic mass is 16.5. The average Bonchev–Trinajstić information content (AvgIpc) is 2.41. The van der Waals surface area contributed by atoms with Crippen molar-refractivity contribution in [1.29, 1.82) is 5.26 Å². The Morgan fingerprint density at radius 3 is 2.84 bits per heavy atom. The monoisotopic (exact) mass is 260 g/mol. The molecule has 0 saturated carbocycles. The third kappa shape index (κ3) is 1.97. The predicted molar refractivity (Wildman–Crippen MR) is 68.0 cm³/mol. The number of hydrogen-bond acceptors (Lipinski definition) is 5. The van der Waals surface area contributed by atoms with Crippen molar-refractivity contribution in [1.82, 2.24) is 14.1 Å². The van der Waals surface area contributed by atoms with Gasteiger partial charge in [0.1, 0.15) is 17.7 Å². The number of aryl methyl sites for hydroxylation is 1. The van der Waals surface area contributed by atoms with E-state index >= 15 is 0 Å². The molecule has 0 N–H and O–H groups in total. The molecule has 0 radical (unpaired) electrons. The van der Waals surface area contributed by atoms with Gasteiger partial charge in [-0.05, 0) is 13.0 Å². The van der Waals surface area contributed by atoms with Gasteiger partial charge < -0.3 is 4.74 Å². The highest BCUT2D eigenvalue weighted by molar-refractivity contribution is 5.80. The normalized spacial score (nSPS) is 10.4. The van der Waals surface area contributed by atoms with Crippen molar-refractivity contribution in [3.05, 3.63) is 33.1 Å². The third-order valence-electron chi connectivity index (χ3n) is 2.72. The maximum atomic E-state index is 12.3. The van der Waals surface area contributed by atoms with Crippen molar-refractivity contribution in [2.24, 2.45) is 7.05 Å². The fourth-order valence-electron chi connectivity index (χ4n) is 1.87. The highest BCUT2D eigenvalue weighted by Crippen LogP contribution is 2.18. The van der Waals surface area contributed by atoms with E-state index in [0.29, 0.717) is 12.4 Å². The molecule has 2 heterocycles. The van der Waals surface area contributed by atoms with E-state index in [0.717, 1.165) is 4.57 Å². The Labute approximate surface area is 108 Å². The number of rotatable bonds is 3. The summed E-state index contributed by atoms with van der Waals surface area (Å²) < 4.78 is 7.48. The predicted octanol–water partition coefficient (Wildman–Crippen LogP) is 0.0175. The minimum absolute atomic E-state index is 0.210. The number of aromatic nitrogens is 3. The Morgan fingerprint density at radius 2 is 2.21 bits per heavy atom. The van der Waals surface area contributed by atoms with Crippen molar-refractivity contribution in [3.8, 4) is 11.8 Å². The number of nitrogens with zero attached hydrogens (tertiary/aromatic N) is 4. The molecule has 0 spiro atoms. The zero-order chi connectivity index (χ0) is 14.0. The zero-order valence-electron chi connectivity index (χ0n) is 10.6.